The summed E-state index contributed by atoms with van der Waals surface area (Å²) >= 11 is 0. The maximum atomic E-state index is 13.0. The van der Waals surface area contributed by atoms with Crippen LogP contribution < -0.4 is 5.32 Å². The molecule has 0 spiro atoms. The number of amides is 1. The van der Waals surface area contributed by atoms with Crippen LogP contribution in [-0.2, 0) is 14.3 Å². The van der Waals surface area contributed by atoms with E-state index in [1.165, 1.54) is 19.3 Å². The van der Waals surface area contributed by atoms with Crippen molar-refractivity contribution in [1.82, 2.24) is 10.2 Å². The number of benzene rings is 1. The second kappa shape index (κ2) is 8.23. The highest BCUT2D eigenvalue weighted by molar-refractivity contribution is 5.94. The molecule has 0 aliphatic rings. The Morgan fingerprint density at radius 1 is 1.32 bits per heavy atom. The number of halogens is 2. The number of ether oxygens (including phenoxy) is 1. The molecule has 0 fully saturated rings. The Hall–Kier alpha value is -2.28. The molecule has 1 amide bonds. The number of nitrogens with one attached hydrogen (secondary N) is 1. The molecule has 22 heavy (non-hydrogen) atoms. The van der Waals surface area contributed by atoms with Crippen LogP contribution in [0.3, 0.4) is 0 Å². The fraction of sp³-hybridized carbons (Fsp3) is 0.333. The molecule has 0 aromatic heterocycles. The van der Waals surface area contributed by atoms with Crippen molar-refractivity contribution in [1.29, 1.82) is 0 Å². The normalized spacial score (nSPS) is 12.5. The van der Waals surface area contributed by atoms with E-state index in [0.717, 1.165) is 18.2 Å². The lowest BCUT2D eigenvalue weighted by molar-refractivity contribution is -0.145. The van der Waals surface area contributed by atoms with E-state index >= 15 is 0 Å². The molecular formula is C15H18F2N2O3. The molecule has 5 nitrogen and oxygen atoms in total. The molecule has 120 valence electrons. The van der Waals surface area contributed by atoms with Gasteiger partial charge in [0.15, 0.2) is 11.6 Å². The Bertz CT molecular complexity index is 574. The van der Waals surface area contributed by atoms with Gasteiger partial charge in [-0.15, -0.1) is 0 Å². The largest absolute Gasteiger partial charge is 0.467 e. The van der Waals surface area contributed by atoms with E-state index in [9.17, 15) is 18.4 Å². The first-order valence-electron chi connectivity index (χ1n) is 6.49. The average molecular weight is 312 g/mol. The van der Waals surface area contributed by atoms with E-state index in [1.54, 1.807) is 19.0 Å². The molecule has 1 atom stereocenters. The highest BCUT2D eigenvalue weighted by Gasteiger charge is 2.21. The van der Waals surface area contributed by atoms with Crippen LogP contribution in [-0.4, -0.2) is 50.6 Å². The molecular weight excluding hydrogens is 294 g/mol. The lowest BCUT2D eigenvalue weighted by Gasteiger charge is -2.19. The number of nitrogens with zero attached hydrogens (tertiary/aromatic N) is 1. The maximum Gasteiger partial charge on any atom is 0.329 e. The van der Waals surface area contributed by atoms with Gasteiger partial charge in [0, 0.05) is 12.6 Å². The van der Waals surface area contributed by atoms with Gasteiger partial charge in [-0.2, -0.15) is 0 Å². The monoisotopic (exact) mass is 312 g/mol. The van der Waals surface area contributed by atoms with Crippen molar-refractivity contribution in [3.8, 4) is 0 Å². The van der Waals surface area contributed by atoms with Gasteiger partial charge in [-0.25, -0.2) is 13.6 Å². The van der Waals surface area contributed by atoms with Crippen molar-refractivity contribution in [3.05, 3.63) is 41.5 Å². The van der Waals surface area contributed by atoms with Crippen LogP contribution in [0.5, 0.6) is 0 Å². The Balaban J connectivity index is 2.71. The Kier molecular flexibility index (Phi) is 6.65. The van der Waals surface area contributed by atoms with E-state index in [1.807, 2.05) is 0 Å². The number of carbonyl (C=O) groups excluding carboxylic acids is 2. The lowest BCUT2D eigenvalue weighted by Crippen LogP contribution is -2.47. The van der Waals surface area contributed by atoms with Crippen LogP contribution in [0.1, 0.15) is 5.56 Å². The smallest absolute Gasteiger partial charge is 0.329 e. The van der Waals surface area contributed by atoms with Gasteiger partial charge in [0.2, 0.25) is 5.91 Å². The van der Waals surface area contributed by atoms with Crippen molar-refractivity contribution in [2.45, 2.75) is 6.04 Å². The first-order chi connectivity index (χ1) is 10.3. The molecule has 1 aromatic rings. The summed E-state index contributed by atoms with van der Waals surface area (Å²) in [6.45, 7) is 0.275. The summed E-state index contributed by atoms with van der Waals surface area (Å²) in [5.74, 6) is -3.06. The molecule has 0 aliphatic heterocycles. The van der Waals surface area contributed by atoms with Gasteiger partial charge in [-0.1, -0.05) is 6.07 Å². The van der Waals surface area contributed by atoms with E-state index in [-0.39, 0.29) is 6.54 Å². The number of carbonyl (C=O) groups is 2. The number of esters is 1. The predicted molar refractivity (Wildman–Crippen MR) is 77.9 cm³/mol. The zero-order valence-corrected chi connectivity index (χ0v) is 12.6. The van der Waals surface area contributed by atoms with Crippen LogP contribution in [0, 0.1) is 11.6 Å². The number of rotatable bonds is 6. The molecule has 0 saturated heterocycles. The van der Waals surface area contributed by atoms with E-state index < -0.39 is 29.6 Å². The van der Waals surface area contributed by atoms with Crippen LogP contribution in [0.4, 0.5) is 8.78 Å². The maximum absolute atomic E-state index is 13.0. The van der Waals surface area contributed by atoms with Crippen molar-refractivity contribution in [3.63, 3.8) is 0 Å². The van der Waals surface area contributed by atoms with E-state index in [2.05, 4.69) is 10.1 Å². The SMILES string of the molecule is COC(=O)C(CN(C)C)NC(=O)/C=C/c1ccc(F)c(F)c1. The molecule has 0 radical (unpaired) electrons. The minimum Gasteiger partial charge on any atom is -0.467 e. The predicted octanol–water partition coefficient (Wildman–Crippen LogP) is 1.20. The first-order valence-corrected chi connectivity index (χ1v) is 6.49. The van der Waals surface area contributed by atoms with Crippen LogP contribution >= 0.6 is 0 Å². The fourth-order valence-electron chi connectivity index (χ4n) is 1.69. The summed E-state index contributed by atoms with van der Waals surface area (Å²) in [6, 6.07) is 2.45. The highest BCUT2D eigenvalue weighted by Crippen LogP contribution is 2.09. The fourth-order valence-corrected chi connectivity index (χ4v) is 1.69. The third-order valence-corrected chi connectivity index (χ3v) is 2.72. The Morgan fingerprint density at radius 2 is 2.00 bits per heavy atom. The molecule has 1 rings (SSSR count). The standard InChI is InChI=1S/C15H18F2N2O3/c1-19(2)9-13(15(21)22-3)18-14(20)7-5-10-4-6-11(16)12(17)8-10/h4-8,13H,9H2,1-3H3,(H,18,20)/b7-5+. The van der Waals surface area contributed by atoms with Crippen LogP contribution in [0.2, 0.25) is 0 Å². The van der Waals surface area contributed by atoms with Crippen molar-refractivity contribution >= 4 is 18.0 Å². The minimum atomic E-state index is -0.998. The molecule has 0 aliphatic carbocycles. The minimum absolute atomic E-state index is 0.275. The molecule has 0 saturated carbocycles. The van der Waals surface area contributed by atoms with Gasteiger partial charge < -0.3 is 15.0 Å². The molecule has 0 bridgehead atoms. The zero-order chi connectivity index (χ0) is 16.7. The summed E-state index contributed by atoms with van der Waals surface area (Å²) in [6.07, 6.45) is 2.46. The summed E-state index contributed by atoms with van der Waals surface area (Å²) in [7, 11) is 4.73. The number of methoxy groups -OCH3 is 1. The van der Waals surface area contributed by atoms with Gasteiger partial charge >= 0.3 is 5.97 Å². The third-order valence-electron chi connectivity index (χ3n) is 2.72. The second-order valence-corrected chi connectivity index (χ2v) is 4.85. The topological polar surface area (TPSA) is 58.6 Å². The van der Waals surface area contributed by atoms with E-state index in [4.69, 9.17) is 0 Å². The summed E-state index contributed by atoms with van der Waals surface area (Å²) < 4.78 is 30.4. The quantitative estimate of drug-likeness (QED) is 0.633. The van der Waals surface area contributed by atoms with E-state index in [0.29, 0.717) is 5.56 Å². The summed E-state index contributed by atoms with van der Waals surface area (Å²) in [5, 5.41) is 2.49. The zero-order valence-electron chi connectivity index (χ0n) is 12.6. The Labute approximate surface area is 127 Å². The first kappa shape index (κ1) is 17.8. The molecule has 1 unspecified atom stereocenters. The number of hydrogen-bond acceptors (Lipinski definition) is 4. The van der Waals surface area contributed by atoms with Crippen molar-refractivity contribution < 1.29 is 23.1 Å². The third kappa shape index (κ3) is 5.61. The summed E-state index contributed by atoms with van der Waals surface area (Å²) in [5.41, 5.74) is 0.330. The lowest BCUT2D eigenvalue weighted by atomic mass is 10.2. The molecule has 1 N–H and O–H groups in total. The number of likely N-dealkylation sites (N-methyl/N-ethyl adjacent to an activating group) is 1. The van der Waals surface area contributed by atoms with Crippen LogP contribution in [0.15, 0.2) is 24.3 Å². The summed E-state index contributed by atoms with van der Waals surface area (Å²) in [4.78, 5) is 25.1. The average Bonchev–Trinajstić information content (AvgIpc) is 2.46. The highest BCUT2D eigenvalue weighted by atomic mass is 19.2. The van der Waals surface area contributed by atoms with Gasteiger partial charge in [-0.3, -0.25) is 4.79 Å². The van der Waals surface area contributed by atoms with Gasteiger partial charge in [0.1, 0.15) is 6.04 Å². The van der Waals surface area contributed by atoms with Crippen molar-refractivity contribution in [2.75, 3.05) is 27.7 Å². The Morgan fingerprint density at radius 3 is 2.55 bits per heavy atom. The van der Waals surface area contributed by atoms with Gasteiger partial charge in [-0.05, 0) is 37.9 Å². The second-order valence-electron chi connectivity index (χ2n) is 4.85. The van der Waals surface area contributed by atoms with Crippen LogP contribution in [0.25, 0.3) is 6.08 Å². The van der Waals surface area contributed by atoms with Gasteiger partial charge in [0.05, 0.1) is 7.11 Å². The number of hydrogen-bond donors (Lipinski definition) is 1. The molecule has 0 heterocycles. The van der Waals surface area contributed by atoms with Gasteiger partial charge in [0.25, 0.3) is 0 Å². The molecule has 1 aromatic carbocycles. The van der Waals surface area contributed by atoms with Crippen molar-refractivity contribution in [2.24, 2.45) is 0 Å². The molecule has 7 heteroatoms.